The third kappa shape index (κ3) is 3.16. The first-order chi connectivity index (χ1) is 7.88. The fraction of sp³-hybridized carbons (Fsp3) is 0.571. The van der Waals surface area contributed by atoms with Gasteiger partial charge < -0.3 is 10.1 Å². The Balaban J connectivity index is 1.83. The number of nitrogens with one attached hydrogen (secondary N) is 1. The van der Waals surface area contributed by atoms with Gasteiger partial charge in [0.05, 0.1) is 7.11 Å². The topological polar surface area (TPSA) is 21.3 Å². The lowest BCUT2D eigenvalue weighted by Gasteiger charge is -2.22. The predicted molar refractivity (Wildman–Crippen MR) is 68.1 cm³/mol. The van der Waals surface area contributed by atoms with Gasteiger partial charge in [0.25, 0.3) is 0 Å². The molecule has 2 heteroatoms. The van der Waals surface area contributed by atoms with Gasteiger partial charge in [0.1, 0.15) is 5.75 Å². The van der Waals surface area contributed by atoms with Crippen LogP contribution in [0.2, 0.25) is 0 Å². The van der Waals surface area contributed by atoms with Gasteiger partial charge in [-0.1, -0.05) is 25.3 Å². The van der Waals surface area contributed by atoms with Crippen LogP contribution in [0.1, 0.15) is 32.1 Å². The maximum Gasteiger partial charge on any atom is 0.120 e. The zero-order valence-corrected chi connectivity index (χ0v) is 10.0. The molecule has 1 fully saturated rings. The fourth-order valence-corrected chi connectivity index (χ4v) is 2.39. The van der Waals surface area contributed by atoms with Crippen LogP contribution >= 0.6 is 0 Å². The summed E-state index contributed by atoms with van der Waals surface area (Å²) in [5.74, 6) is 1.79. The lowest BCUT2D eigenvalue weighted by Crippen LogP contribution is -2.17. The molecule has 0 heterocycles. The Morgan fingerprint density at radius 3 is 2.81 bits per heavy atom. The van der Waals surface area contributed by atoms with Crippen molar-refractivity contribution in [2.75, 3.05) is 19.0 Å². The second-order valence-electron chi connectivity index (χ2n) is 4.62. The number of methoxy groups -OCH3 is 1. The molecule has 16 heavy (non-hydrogen) atoms. The summed E-state index contributed by atoms with van der Waals surface area (Å²) in [5.41, 5.74) is 1.17. The van der Waals surface area contributed by atoms with Gasteiger partial charge in [-0.3, -0.25) is 0 Å². The van der Waals surface area contributed by atoms with Crippen molar-refractivity contribution in [2.24, 2.45) is 5.92 Å². The van der Waals surface area contributed by atoms with E-state index in [1.165, 1.54) is 37.8 Å². The summed E-state index contributed by atoms with van der Waals surface area (Å²) in [6.45, 7) is 1.10. The van der Waals surface area contributed by atoms with Crippen LogP contribution in [0.3, 0.4) is 0 Å². The molecule has 1 N–H and O–H groups in total. The van der Waals surface area contributed by atoms with E-state index < -0.39 is 0 Å². The van der Waals surface area contributed by atoms with Gasteiger partial charge in [-0.25, -0.2) is 0 Å². The minimum atomic E-state index is 0.861. The van der Waals surface area contributed by atoms with Gasteiger partial charge in [0, 0.05) is 18.3 Å². The molecule has 1 saturated carbocycles. The van der Waals surface area contributed by atoms with E-state index >= 15 is 0 Å². The number of ether oxygens (including phenoxy) is 1. The van der Waals surface area contributed by atoms with Gasteiger partial charge in [0.15, 0.2) is 0 Å². The molecule has 1 aromatic rings. The second kappa shape index (κ2) is 5.78. The number of anilines is 1. The third-order valence-electron chi connectivity index (χ3n) is 3.39. The van der Waals surface area contributed by atoms with Crippen LogP contribution in [0.25, 0.3) is 0 Å². The summed E-state index contributed by atoms with van der Waals surface area (Å²) in [6, 6.07) is 8.17. The quantitative estimate of drug-likeness (QED) is 0.834. The smallest absolute Gasteiger partial charge is 0.120 e. The van der Waals surface area contributed by atoms with Crippen LogP contribution in [0.4, 0.5) is 5.69 Å². The van der Waals surface area contributed by atoms with Gasteiger partial charge in [-0.2, -0.15) is 0 Å². The summed E-state index contributed by atoms with van der Waals surface area (Å²) in [4.78, 5) is 0. The lowest BCUT2D eigenvalue weighted by atomic mass is 9.89. The van der Waals surface area contributed by atoms with Crippen molar-refractivity contribution >= 4 is 5.69 Å². The van der Waals surface area contributed by atoms with E-state index in [4.69, 9.17) is 4.74 Å². The summed E-state index contributed by atoms with van der Waals surface area (Å²) < 4.78 is 5.21. The number of hydrogen-bond acceptors (Lipinski definition) is 2. The molecule has 2 rings (SSSR count). The van der Waals surface area contributed by atoms with E-state index in [0.717, 1.165) is 18.2 Å². The highest BCUT2D eigenvalue weighted by molar-refractivity contribution is 5.48. The molecular weight excluding hydrogens is 198 g/mol. The number of benzene rings is 1. The van der Waals surface area contributed by atoms with Crippen molar-refractivity contribution in [1.29, 1.82) is 0 Å². The van der Waals surface area contributed by atoms with Crippen LogP contribution < -0.4 is 10.1 Å². The van der Waals surface area contributed by atoms with E-state index in [2.05, 4.69) is 17.4 Å². The SMILES string of the molecule is COc1cccc(NCC2CCCCC2)c1. The van der Waals surface area contributed by atoms with Gasteiger partial charge >= 0.3 is 0 Å². The molecule has 0 amide bonds. The van der Waals surface area contributed by atoms with Crippen molar-refractivity contribution in [2.45, 2.75) is 32.1 Å². The van der Waals surface area contributed by atoms with Crippen molar-refractivity contribution in [3.05, 3.63) is 24.3 Å². The Hall–Kier alpha value is -1.18. The van der Waals surface area contributed by atoms with Crippen LogP contribution in [0.15, 0.2) is 24.3 Å². The fourth-order valence-electron chi connectivity index (χ4n) is 2.39. The minimum Gasteiger partial charge on any atom is -0.497 e. The molecule has 1 aliphatic rings. The summed E-state index contributed by atoms with van der Waals surface area (Å²) in [7, 11) is 1.71. The minimum absolute atomic E-state index is 0.861. The van der Waals surface area contributed by atoms with E-state index in [0.29, 0.717) is 0 Å². The van der Waals surface area contributed by atoms with E-state index in [-0.39, 0.29) is 0 Å². The maximum absolute atomic E-state index is 5.21. The summed E-state index contributed by atoms with van der Waals surface area (Å²) in [6.07, 6.45) is 7.01. The Morgan fingerprint density at radius 1 is 1.25 bits per heavy atom. The zero-order chi connectivity index (χ0) is 11.2. The monoisotopic (exact) mass is 219 g/mol. The van der Waals surface area contributed by atoms with Crippen LogP contribution in [0.5, 0.6) is 5.75 Å². The molecule has 0 bridgehead atoms. The molecule has 0 unspecified atom stereocenters. The molecule has 0 radical (unpaired) electrons. The van der Waals surface area contributed by atoms with Gasteiger partial charge in [0.2, 0.25) is 0 Å². The third-order valence-corrected chi connectivity index (χ3v) is 3.39. The van der Waals surface area contributed by atoms with Crippen LogP contribution in [-0.4, -0.2) is 13.7 Å². The first kappa shape index (κ1) is 11.3. The van der Waals surface area contributed by atoms with Crippen molar-refractivity contribution in [3.63, 3.8) is 0 Å². The number of hydrogen-bond donors (Lipinski definition) is 1. The van der Waals surface area contributed by atoms with Gasteiger partial charge in [-0.05, 0) is 30.9 Å². The maximum atomic E-state index is 5.21. The van der Waals surface area contributed by atoms with Crippen molar-refractivity contribution < 1.29 is 4.74 Å². The van der Waals surface area contributed by atoms with Gasteiger partial charge in [-0.15, -0.1) is 0 Å². The lowest BCUT2D eigenvalue weighted by molar-refractivity contribution is 0.373. The highest BCUT2D eigenvalue weighted by Gasteiger charge is 2.12. The Morgan fingerprint density at radius 2 is 2.06 bits per heavy atom. The summed E-state index contributed by atoms with van der Waals surface area (Å²) in [5, 5.41) is 3.51. The Kier molecular flexibility index (Phi) is 4.09. The molecular formula is C14H21NO. The van der Waals surface area contributed by atoms with Crippen LogP contribution in [-0.2, 0) is 0 Å². The Labute approximate surface area is 98.0 Å². The Bertz CT molecular complexity index is 318. The molecule has 1 aromatic carbocycles. The molecule has 0 aromatic heterocycles. The standard InChI is InChI=1S/C14H21NO/c1-16-14-9-5-8-13(10-14)15-11-12-6-3-2-4-7-12/h5,8-10,12,15H,2-4,6-7,11H2,1H3. The van der Waals surface area contributed by atoms with E-state index in [1.807, 2.05) is 12.1 Å². The average Bonchev–Trinajstić information content (AvgIpc) is 2.38. The number of rotatable bonds is 4. The molecule has 0 saturated heterocycles. The normalized spacial score (nSPS) is 17.1. The zero-order valence-electron chi connectivity index (χ0n) is 10.0. The van der Waals surface area contributed by atoms with E-state index in [1.54, 1.807) is 7.11 Å². The second-order valence-corrected chi connectivity index (χ2v) is 4.62. The molecule has 0 spiro atoms. The predicted octanol–water partition coefficient (Wildman–Crippen LogP) is 3.69. The van der Waals surface area contributed by atoms with Crippen molar-refractivity contribution in [3.8, 4) is 5.75 Å². The highest BCUT2D eigenvalue weighted by Crippen LogP contribution is 2.24. The summed E-state index contributed by atoms with van der Waals surface area (Å²) >= 11 is 0. The molecule has 0 atom stereocenters. The molecule has 2 nitrogen and oxygen atoms in total. The molecule has 0 aliphatic heterocycles. The largest absolute Gasteiger partial charge is 0.497 e. The van der Waals surface area contributed by atoms with Crippen LogP contribution in [0, 0.1) is 5.92 Å². The molecule has 88 valence electrons. The molecule has 1 aliphatic carbocycles. The van der Waals surface area contributed by atoms with E-state index in [9.17, 15) is 0 Å². The first-order valence-corrected chi connectivity index (χ1v) is 6.26. The first-order valence-electron chi connectivity index (χ1n) is 6.26. The van der Waals surface area contributed by atoms with Crippen molar-refractivity contribution in [1.82, 2.24) is 0 Å². The average molecular weight is 219 g/mol. The highest BCUT2D eigenvalue weighted by atomic mass is 16.5.